The van der Waals surface area contributed by atoms with E-state index in [0.29, 0.717) is 28.7 Å². The number of carbonyl (C=O) groups is 5. The van der Waals surface area contributed by atoms with Gasteiger partial charge in [-0.3, -0.25) is 39.1 Å². The number of fused-ring (bicyclic) bond motifs is 1. The maximum absolute atomic E-state index is 13.3. The Kier molecular flexibility index (Phi) is 11.4. The van der Waals surface area contributed by atoms with Crippen LogP contribution in [0.2, 0.25) is 5.02 Å². The number of rotatable bonds is 13. The van der Waals surface area contributed by atoms with E-state index >= 15 is 0 Å². The summed E-state index contributed by atoms with van der Waals surface area (Å²) < 4.78 is 12.2. The van der Waals surface area contributed by atoms with Crippen molar-refractivity contribution in [2.45, 2.75) is 78.0 Å². The van der Waals surface area contributed by atoms with Crippen LogP contribution in [0, 0.1) is 22.2 Å². The van der Waals surface area contributed by atoms with Crippen molar-refractivity contribution in [2.24, 2.45) is 10.8 Å². The molecule has 304 valence electrons. The summed E-state index contributed by atoms with van der Waals surface area (Å²) in [6.45, 7) is 13.0. The highest BCUT2D eigenvalue weighted by atomic mass is 35.5. The van der Waals surface area contributed by atoms with Gasteiger partial charge in [-0.2, -0.15) is 5.26 Å². The molecule has 16 heteroatoms. The zero-order chi connectivity index (χ0) is 41.4. The Morgan fingerprint density at radius 2 is 1.62 bits per heavy atom. The largest absolute Gasteiger partial charge is 0.494 e. The Hall–Kier alpha value is -5.59. The maximum atomic E-state index is 13.3. The fourth-order valence-electron chi connectivity index (χ4n) is 8.97. The SMILES string of the molecule is CC1(C)[C@H](NC(=O)c2ncc(N3CCN(CCCCCOc4ccc5c(c4)C(=O)N(C4CCC(=O)NC4=O)C5=O)CC3)cn2)C(C)(C)[C@H]1Oc1ccc(C#N)c(Cl)c1. The molecule has 3 aromatic rings. The molecule has 2 aromatic carbocycles. The van der Waals surface area contributed by atoms with Crippen LogP contribution in [0.1, 0.15) is 96.7 Å². The minimum atomic E-state index is -1.00. The summed E-state index contributed by atoms with van der Waals surface area (Å²) in [6.07, 6.45) is 6.15. The summed E-state index contributed by atoms with van der Waals surface area (Å²) in [4.78, 5) is 77.6. The molecule has 3 fully saturated rings. The molecule has 5 amide bonds. The van der Waals surface area contributed by atoms with Crippen LogP contribution < -0.4 is 25.0 Å². The van der Waals surface area contributed by atoms with Gasteiger partial charge in [-0.05, 0) is 62.6 Å². The summed E-state index contributed by atoms with van der Waals surface area (Å²) in [6, 6.07) is 10.6. The molecule has 1 aromatic heterocycles. The third-order valence-electron chi connectivity index (χ3n) is 11.8. The Balaban J connectivity index is 0.807. The first-order valence-corrected chi connectivity index (χ1v) is 20.0. The van der Waals surface area contributed by atoms with Crippen LogP contribution in [0.3, 0.4) is 0 Å². The highest BCUT2D eigenvalue weighted by Gasteiger charge is 2.64. The monoisotopic (exact) mass is 810 g/mol. The number of nitrogens with zero attached hydrogens (tertiary/aromatic N) is 6. The molecule has 0 spiro atoms. The van der Waals surface area contributed by atoms with Crippen molar-refractivity contribution in [3.8, 4) is 17.6 Å². The number of anilines is 1. The Labute approximate surface area is 342 Å². The summed E-state index contributed by atoms with van der Waals surface area (Å²) in [5.74, 6) is -1.33. The number of hydrogen-bond acceptors (Lipinski definition) is 12. The normalized spacial score (nSPS) is 22.4. The molecule has 1 atom stereocenters. The van der Waals surface area contributed by atoms with E-state index < -0.39 is 40.5 Å². The van der Waals surface area contributed by atoms with E-state index in [0.717, 1.165) is 62.6 Å². The molecule has 1 unspecified atom stereocenters. The molecule has 15 nitrogen and oxygen atoms in total. The molecule has 2 N–H and O–H groups in total. The van der Waals surface area contributed by atoms with Crippen molar-refractivity contribution in [1.82, 2.24) is 30.4 Å². The van der Waals surface area contributed by atoms with Gasteiger partial charge < -0.3 is 19.7 Å². The fraction of sp³-hybridized carbons (Fsp3) is 0.476. The first-order valence-electron chi connectivity index (χ1n) is 19.6. The van der Waals surface area contributed by atoms with Crippen LogP contribution in [0.5, 0.6) is 11.5 Å². The number of benzene rings is 2. The number of nitriles is 1. The maximum Gasteiger partial charge on any atom is 0.289 e. The molecule has 1 aliphatic carbocycles. The van der Waals surface area contributed by atoms with Gasteiger partial charge in [0, 0.05) is 55.5 Å². The Bertz CT molecular complexity index is 2150. The number of aromatic nitrogens is 2. The third-order valence-corrected chi connectivity index (χ3v) is 12.1. The van der Waals surface area contributed by atoms with Crippen molar-refractivity contribution in [3.05, 3.63) is 76.3 Å². The van der Waals surface area contributed by atoms with E-state index in [2.05, 4.69) is 36.5 Å². The number of piperazine rings is 1. The average Bonchev–Trinajstić information content (AvgIpc) is 3.45. The molecule has 2 saturated heterocycles. The number of imide groups is 2. The molecule has 4 aliphatic rings. The smallest absolute Gasteiger partial charge is 0.289 e. The number of amides is 5. The molecule has 0 bridgehead atoms. The predicted molar refractivity (Wildman–Crippen MR) is 213 cm³/mol. The molecular formula is C42H47ClN8O7. The number of halogens is 1. The van der Waals surface area contributed by atoms with Crippen LogP contribution in [0.4, 0.5) is 5.69 Å². The highest BCUT2D eigenvalue weighted by molar-refractivity contribution is 6.31. The van der Waals surface area contributed by atoms with Crippen molar-refractivity contribution >= 4 is 46.8 Å². The lowest BCUT2D eigenvalue weighted by molar-refractivity contribution is -0.164. The van der Waals surface area contributed by atoms with Crippen LogP contribution in [-0.2, 0) is 9.59 Å². The second-order valence-corrected chi connectivity index (χ2v) is 16.9. The molecule has 4 heterocycles. The van der Waals surface area contributed by atoms with E-state index in [1.54, 1.807) is 48.8 Å². The van der Waals surface area contributed by atoms with Gasteiger partial charge in [0.15, 0.2) is 0 Å². The third kappa shape index (κ3) is 7.95. The van der Waals surface area contributed by atoms with Gasteiger partial charge >= 0.3 is 0 Å². The van der Waals surface area contributed by atoms with E-state index in [9.17, 15) is 29.2 Å². The number of carbonyl (C=O) groups excluding carboxylic acids is 5. The zero-order valence-corrected chi connectivity index (χ0v) is 33.8. The number of piperidine rings is 1. The molecule has 7 rings (SSSR count). The first-order chi connectivity index (χ1) is 27.7. The molecule has 3 aliphatic heterocycles. The molecule has 0 radical (unpaired) electrons. The second-order valence-electron chi connectivity index (χ2n) is 16.5. The van der Waals surface area contributed by atoms with Crippen molar-refractivity contribution in [3.63, 3.8) is 0 Å². The van der Waals surface area contributed by atoms with E-state index in [-0.39, 0.29) is 47.8 Å². The van der Waals surface area contributed by atoms with Gasteiger partial charge in [-0.15, -0.1) is 0 Å². The number of unbranched alkanes of at least 4 members (excludes halogenated alkanes) is 2. The fourth-order valence-corrected chi connectivity index (χ4v) is 9.18. The van der Waals surface area contributed by atoms with Crippen molar-refractivity contribution in [2.75, 3.05) is 44.2 Å². The Morgan fingerprint density at radius 3 is 2.29 bits per heavy atom. The molecule has 58 heavy (non-hydrogen) atoms. The van der Waals surface area contributed by atoms with Gasteiger partial charge in [-0.1, -0.05) is 39.3 Å². The van der Waals surface area contributed by atoms with E-state index in [1.165, 1.54) is 0 Å². The van der Waals surface area contributed by atoms with Crippen molar-refractivity contribution < 1.29 is 33.4 Å². The number of ether oxygens (including phenoxy) is 2. The zero-order valence-electron chi connectivity index (χ0n) is 33.0. The highest BCUT2D eigenvalue weighted by Crippen LogP contribution is 2.55. The predicted octanol–water partition coefficient (Wildman–Crippen LogP) is 4.39. The summed E-state index contributed by atoms with van der Waals surface area (Å²) in [7, 11) is 0. The summed E-state index contributed by atoms with van der Waals surface area (Å²) in [5.41, 5.74) is 0.860. The lowest BCUT2D eigenvalue weighted by atomic mass is 9.49. The molecule has 1 saturated carbocycles. The van der Waals surface area contributed by atoms with Gasteiger partial charge in [-0.25, -0.2) is 9.97 Å². The second kappa shape index (κ2) is 16.3. The summed E-state index contributed by atoms with van der Waals surface area (Å²) in [5, 5.41) is 14.9. The lowest BCUT2D eigenvalue weighted by Gasteiger charge is -2.63. The minimum absolute atomic E-state index is 0.0702. The van der Waals surface area contributed by atoms with Crippen molar-refractivity contribution in [1.29, 1.82) is 5.26 Å². The van der Waals surface area contributed by atoms with E-state index in [1.807, 2.05) is 27.7 Å². The molecular weight excluding hydrogens is 764 g/mol. The van der Waals surface area contributed by atoms with Crippen LogP contribution >= 0.6 is 11.6 Å². The van der Waals surface area contributed by atoms with Crippen LogP contribution in [-0.4, -0.2) is 107 Å². The lowest BCUT2D eigenvalue weighted by Crippen LogP contribution is -2.74. The van der Waals surface area contributed by atoms with E-state index in [4.69, 9.17) is 21.1 Å². The van der Waals surface area contributed by atoms with Gasteiger partial charge in [0.2, 0.25) is 17.6 Å². The quantitative estimate of drug-likeness (QED) is 0.184. The summed E-state index contributed by atoms with van der Waals surface area (Å²) >= 11 is 6.23. The number of nitrogens with one attached hydrogen (secondary N) is 2. The minimum Gasteiger partial charge on any atom is -0.494 e. The van der Waals surface area contributed by atoms with Crippen LogP contribution in [0.15, 0.2) is 48.8 Å². The standard InChI is InChI=1S/C42H47ClN8O7/c1-41(2)39(42(3,4)40(41)58-28-9-8-25(22-44)31(43)21-28)48-36(54)34-45-23-26(24-46-34)50-17-15-49(16-18-50)14-6-5-7-19-57-27-10-11-29-30(20-27)38(56)51(37(29)55)32-12-13-33(52)47-35(32)53/h8-11,20-21,23-24,32,39-40H,5-7,12-19H2,1-4H3,(H,48,54)(H,47,52,53)/t32?,39-,40-. The average molecular weight is 811 g/mol. The van der Waals surface area contributed by atoms with Gasteiger partial charge in [0.05, 0.1) is 46.4 Å². The van der Waals surface area contributed by atoms with Crippen LogP contribution in [0.25, 0.3) is 0 Å². The first kappa shape index (κ1) is 40.6. The van der Waals surface area contributed by atoms with Gasteiger partial charge in [0.1, 0.15) is 29.7 Å². The van der Waals surface area contributed by atoms with Gasteiger partial charge in [0.25, 0.3) is 17.7 Å². The number of hydrogen-bond donors (Lipinski definition) is 2. The Morgan fingerprint density at radius 1 is 0.931 bits per heavy atom. The topological polar surface area (TPSA) is 187 Å².